The minimum Gasteiger partial charge on any atom is -0.380 e. The number of alkyl halides is 3. The second kappa shape index (κ2) is 10.3. The van der Waals surface area contributed by atoms with Gasteiger partial charge in [-0.3, -0.25) is 4.99 Å². The molecule has 1 heterocycles. The summed E-state index contributed by atoms with van der Waals surface area (Å²) < 4.78 is 37.8. The Morgan fingerprint density at radius 1 is 1.18 bits per heavy atom. The Balaban J connectivity index is 1.80. The van der Waals surface area contributed by atoms with E-state index in [1.165, 1.54) is 0 Å². The van der Waals surface area contributed by atoms with Crippen LogP contribution in [-0.4, -0.2) is 37.1 Å². The van der Waals surface area contributed by atoms with Crippen molar-refractivity contribution in [2.75, 3.05) is 25.5 Å². The van der Waals surface area contributed by atoms with Crippen LogP contribution in [0.15, 0.2) is 40.7 Å². The van der Waals surface area contributed by atoms with Gasteiger partial charge in [0.2, 0.25) is 0 Å². The van der Waals surface area contributed by atoms with E-state index in [-0.39, 0.29) is 6.04 Å². The third kappa shape index (κ3) is 7.03. The van der Waals surface area contributed by atoms with Gasteiger partial charge in [-0.05, 0) is 18.1 Å². The molecule has 154 valence electrons. The molecule has 1 aromatic heterocycles. The quantitative estimate of drug-likeness (QED) is 0.452. The zero-order valence-corrected chi connectivity index (χ0v) is 17.0. The van der Waals surface area contributed by atoms with Crippen molar-refractivity contribution < 1.29 is 13.2 Å². The number of nitrogens with one attached hydrogen (secondary N) is 3. The van der Waals surface area contributed by atoms with Crippen molar-refractivity contribution in [1.82, 2.24) is 15.6 Å². The van der Waals surface area contributed by atoms with E-state index in [1.807, 2.05) is 30.3 Å². The molecule has 0 bridgehead atoms. The standard InChI is InChI=1S/C19H26F3N5S/c1-13(2)15(26-14-7-5-4-6-8-14)11-25-18(23-3)24-10-9-17-27-16(12-28-17)19(20,21)22/h4-8,12-13,15,26H,9-11H2,1-3H3,(H2,23,24,25). The molecule has 0 aliphatic carbocycles. The summed E-state index contributed by atoms with van der Waals surface area (Å²) in [6.45, 7) is 5.38. The summed E-state index contributed by atoms with van der Waals surface area (Å²) >= 11 is 1.02. The van der Waals surface area contributed by atoms with E-state index in [4.69, 9.17) is 0 Å². The Morgan fingerprint density at radius 2 is 1.89 bits per heavy atom. The minimum atomic E-state index is -4.39. The Bertz CT molecular complexity index is 744. The zero-order valence-electron chi connectivity index (χ0n) is 16.2. The third-order valence-electron chi connectivity index (χ3n) is 4.12. The van der Waals surface area contributed by atoms with E-state index < -0.39 is 11.9 Å². The van der Waals surface area contributed by atoms with Gasteiger partial charge < -0.3 is 16.0 Å². The van der Waals surface area contributed by atoms with Crippen LogP contribution in [0.3, 0.4) is 0 Å². The Hall–Kier alpha value is -2.29. The molecular weight excluding hydrogens is 387 g/mol. The normalized spacial score (nSPS) is 13.5. The monoisotopic (exact) mass is 413 g/mol. The van der Waals surface area contributed by atoms with Crippen molar-refractivity contribution in [1.29, 1.82) is 0 Å². The summed E-state index contributed by atoms with van der Waals surface area (Å²) in [6.07, 6.45) is -3.99. The molecule has 28 heavy (non-hydrogen) atoms. The molecule has 2 rings (SSSR count). The fourth-order valence-electron chi connectivity index (χ4n) is 2.47. The first kappa shape index (κ1) is 22.0. The summed E-state index contributed by atoms with van der Waals surface area (Å²) in [6, 6.07) is 10.2. The highest BCUT2D eigenvalue weighted by molar-refractivity contribution is 7.09. The summed E-state index contributed by atoms with van der Waals surface area (Å²) in [4.78, 5) is 7.80. The summed E-state index contributed by atoms with van der Waals surface area (Å²) in [5.41, 5.74) is 0.219. The second-order valence-electron chi connectivity index (χ2n) is 6.62. The smallest absolute Gasteiger partial charge is 0.380 e. The Kier molecular flexibility index (Phi) is 8.10. The number of hydrogen-bond donors (Lipinski definition) is 3. The van der Waals surface area contributed by atoms with Crippen molar-refractivity contribution >= 4 is 23.0 Å². The lowest BCUT2D eigenvalue weighted by Gasteiger charge is -2.25. The maximum atomic E-state index is 12.6. The van der Waals surface area contributed by atoms with Crippen molar-refractivity contribution in [3.05, 3.63) is 46.4 Å². The first-order valence-electron chi connectivity index (χ1n) is 9.07. The highest BCUT2D eigenvalue weighted by atomic mass is 32.1. The van der Waals surface area contributed by atoms with Gasteiger partial charge in [0, 0.05) is 43.7 Å². The summed E-state index contributed by atoms with van der Waals surface area (Å²) in [5, 5.41) is 11.4. The van der Waals surface area contributed by atoms with E-state index >= 15 is 0 Å². The average molecular weight is 414 g/mol. The molecule has 0 saturated heterocycles. The van der Waals surface area contributed by atoms with Crippen molar-refractivity contribution in [3.63, 3.8) is 0 Å². The first-order valence-corrected chi connectivity index (χ1v) is 9.95. The number of anilines is 1. The Labute approximate surface area is 167 Å². The van der Waals surface area contributed by atoms with E-state index in [1.54, 1.807) is 7.05 Å². The molecule has 0 saturated carbocycles. The number of aromatic nitrogens is 1. The van der Waals surface area contributed by atoms with Gasteiger partial charge >= 0.3 is 6.18 Å². The molecule has 1 unspecified atom stereocenters. The largest absolute Gasteiger partial charge is 0.434 e. The number of rotatable bonds is 8. The fraction of sp³-hybridized carbons (Fsp3) is 0.474. The lowest BCUT2D eigenvalue weighted by Crippen LogP contribution is -2.45. The fourth-order valence-corrected chi connectivity index (χ4v) is 3.28. The van der Waals surface area contributed by atoms with E-state index in [2.05, 4.69) is 39.8 Å². The van der Waals surface area contributed by atoms with Crippen LogP contribution in [0.4, 0.5) is 18.9 Å². The van der Waals surface area contributed by atoms with E-state index in [0.717, 1.165) is 22.4 Å². The zero-order chi connectivity index (χ0) is 20.6. The summed E-state index contributed by atoms with van der Waals surface area (Å²) in [7, 11) is 1.66. The molecule has 1 aromatic carbocycles. The van der Waals surface area contributed by atoms with Crippen LogP contribution in [0.25, 0.3) is 0 Å². The van der Waals surface area contributed by atoms with Crippen molar-refractivity contribution in [2.45, 2.75) is 32.5 Å². The predicted octanol–water partition coefficient (Wildman–Crippen LogP) is 4.01. The van der Waals surface area contributed by atoms with Gasteiger partial charge in [-0.15, -0.1) is 11.3 Å². The average Bonchev–Trinajstić information content (AvgIpc) is 3.13. The van der Waals surface area contributed by atoms with Gasteiger partial charge in [0.25, 0.3) is 0 Å². The molecule has 0 spiro atoms. The van der Waals surface area contributed by atoms with Crippen LogP contribution in [-0.2, 0) is 12.6 Å². The van der Waals surface area contributed by atoms with Crippen LogP contribution in [0.5, 0.6) is 0 Å². The molecule has 3 N–H and O–H groups in total. The lowest BCUT2D eigenvalue weighted by molar-refractivity contribution is -0.140. The molecule has 9 heteroatoms. The topological polar surface area (TPSA) is 61.3 Å². The van der Waals surface area contributed by atoms with Gasteiger partial charge in [-0.2, -0.15) is 13.2 Å². The molecular formula is C19H26F3N5S. The molecule has 1 atom stereocenters. The van der Waals surface area contributed by atoms with Gasteiger partial charge in [-0.1, -0.05) is 32.0 Å². The molecule has 0 fully saturated rings. The lowest BCUT2D eigenvalue weighted by atomic mass is 10.0. The predicted molar refractivity (Wildman–Crippen MR) is 109 cm³/mol. The number of hydrogen-bond acceptors (Lipinski definition) is 4. The summed E-state index contributed by atoms with van der Waals surface area (Å²) in [5.74, 6) is 0.995. The molecule has 2 aromatic rings. The van der Waals surface area contributed by atoms with E-state index in [9.17, 15) is 13.2 Å². The van der Waals surface area contributed by atoms with Crippen molar-refractivity contribution in [2.24, 2.45) is 10.9 Å². The molecule has 0 aliphatic heterocycles. The number of para-hydroxylation sites is 1. The highest BCUT2D eigenvalue weighted by Gasteiger charge is 2.33. The van der Waals surface area contributed by atoms with Gasteiger partial charge in [0.1, 0.15) is 0 Å². The highest BCUT2D eigenvalue weighted by Crippen LogP contribution is 2.29. The second-order valence-corrected chi connectivity index (χ2v) is 7.56. The number of aliphatic imine (C=N–C) groups is 1. The number of guanidine groups is 1. The SMILES string of the molecule is CN=C(NCCc1nc(C(F)(F)F)cs1)NCC(Nc1ccccc1)C(C)C. The maximum absolute atomic E-state index is 12.6. The van der Waals surface area contributed by atoms with Gasteiger partial charge in [-0.25, -0.2) is 4.98 Å². The van der Waals surface area contributed by atoms with E-state index in [0.29, 0.717) is 36.4 Å². The molecule has 0 amide bonds. The number of nitrogens with zero attached hydrogens (tertiary/aromatic N) is 2. The van der Waals surface area contributed by atoms with Crippen molar-refractivity contribution in [3.8, 4) is 0 Å². The number of halogens is 3. The van der Waals surface area contributed by atoms with Crippen LogP contribution in [0.2, 0.25) is 0 Å². The maximum Gasteiger partial charge on any atom is 0.434 e. The molecule has 0 radical (unpaired) electrons. The van der Waals surface area contributed by atoms with Gasteiger partial charge in [0.15, 0.2) is 11.7 Å². The van der Waals surface area contributed by atoms with Crippen LogP contribution in [0, 0.1) is 5.92 Å². The third-order valence-corrected chi connectivity index (χ3v) is 5.03. The Morgan fingerprint density at radius 3 is 2.46 bits per heavy atom. The van der Waals surface area contributed by atoms with Gasteiger partial charge in [0.05, 0.1) is 5.01 Å². The van der Waals surface area contributed by atoms with Crippen LogP contribution in [0.1, 0.15) is 24.5 Å². The molecule has 5 nitrogen and oxygen atoms in total. The first-order chi connectivity index (χ1) is 13.3. The molecule has 0 aliphatic rings. The van der Waals surface area contributed by atoms with Crippen LogP contribution < -0.4 is 16.0 Å². The minimum absolute atomic E-state index is 0.189. The number of benzene rings is 1. The van der Waals surface area contributed by atoms with Crippen LogP contribution >= 0.6 is 11.3 Å². The number of thiazole rings is 1.